The molecule has 2 heterocycles. The Kier molecular flexibility index (Phi) is 5.79. The van der Waals surface area contributed by atoms with Gasteiger partial charge in [-0.2, -0.15) is 0 Å². The number of esters is 1. The van der Waals surface area contributed by atoms with Gasteiger partial charge in [0, 0.05) is 17.6 Å². The second-order valence-corrected chi connectivity index (χ2v) is 6.69. The van der Waals surface area contributed by atoms with Crippen molar-refractivity contribution in [1.82, 2.24) is 10.3 Å². The average Bonchev–Trinajstić information content (AvgIpc) is 2.64. The van der Waals surface area contributed by atoms with Crippen LogP contribution in [0.4, 0.5) is 10.6 Å². The number of ether oxygens (including phenoxy) is 2. The monoisotopic (exact) mass is 365 g/mol. The number of pyridine rings is 1. The molecule has 0 unspecified atom stereocenters. The van der Waals surface area contributed by atoms with Crippen molar-refractivity contribution < 1.29 is 19.1 Å². The molecule has 2 rings (SSSR count). The molecule has 25 heavy (non-hydrogen) atoms. The first-order valence-corrected chi connectivity index (χ1v) is 8.17. The van der Waals surface area contributed by atoms with E-state index in [1.807, 2.05) is 0 Å². The van der Waals surface area contributed by atoms with E-state index in [9.17, 15) is 9.59 Å². The van der Waals surface area contributed by atoms with Crippen LogP contribution in [0.5, 0.6) is 0 Å². The van der Waals surface area contributed by atoms with Crippen LogP contribution in [-0.4, -0.2) is 35.1 Å². The van der Waals surface area contributed by atoms with E-state index in [0.717, 1.165) is 0 Å². The summed E-state index contributed by atoms with van der Waals surface area (Å²) >= 11 is 5.91. The molecule has 0 saturated heterocycles. The van der Waals surface area contributed by atoms with E-state index in [4.69, 9.17) is 21.1 Å². The number of aromatic nitrogens is 1. The zero-order chi connectivity index (χ0) is 18.6. The number of hydrogen-bond acceptors (Lipinski definition) is 6. The molecule has 0 radical (unpaired) electrons. The number of nitrogens with zero attached hydrogens (tertiary/aromatic N) is 2. The van der Waals surface area contributed by atoms with Gasteiger partial charge in [-0.1, -0.05) is 11.6 Å². The van der Waals surface area contributed by atoms with Gasteiger partial charge < -0.3 is 9.47 Å². The number of hydrogen-bond donors (Lipinski definition) is 1. The van der Waals surface area contributed by atoms with Gasteiger partial charge in [0.15, 0.2) is 5.82 Å². The molecule has 1 N–H and O–H groups in total. The Balaban J connectivity index is 2.35. The molecule has 0 fully saturated rings. The van der Waals surface area contributed by atoms with Gasteiger partial charge in [0.1, 0.15) is 16.6 Å². The maximum Gasteiger partial charge on any atom is 0.413 e. The highest BCUT2D eigenvalue weighted by Crippen LogP contribution is 2.27. The first-order chi connectivity index (χ1) is 11.7. The molecule has 8 heteroatoms. The van der Waals surface area contributed by atoms with Gasteiger partial charge in [0.05, 0.1) is 6.61 Å². The van der Waals surface area contributed by atoms with Gasteiger partial charge in [-0.15, -0.1) is 0 Å². The van der Waals surface area contributed by atoms with Gasteiger partial charge >= 0.3 is 12.1 Å². The summed E-state index contributed by atoms with van der Waals surface area (Å²) in [6, 6.07) is 3.30. The van der Waals surface area contributed by atoms with Crippen molar-refractivity contribution in [1.29, 1.82) is 0 Å². The van der Waals surface area contributed by atoms with Crippen LogP contribution in [0.3, 0.4) is 0 Å². The molecular formula is C17H20ClN3O4. The van der Waals surface area contributed by atoms with Crippen LogP contribution in [-0.2, 0) is 14.3 Å². The van der Waals surface area contributed by atoms with E-state index in [-0.39, 0.29) is 24.0 Å². The van der Waals surface area contributed by atoms with E-state index in [2.05, 4.69) is 15.3 Å². The number of halogens is 1. The highest BCUT2D eigenvalue weighted by atomic mass is 35.5. The first kappa shape index (κ1) is 18.9. The third-order valence-corrected chi connectivity index (χ3v) is 3.19. The van der Waals surface area contributed by atoms with Crippen LogP contribution in [0.15, 0.2) is 22.7 Å². The molecule has 0 atom stereocenters. The van der Waals surface area contributed by atoms with Crippen LogP contribution in [0.25, 0.3) is 6.08 Å². The van der Waals surface area contributed by atoms with Crippen molar-refractivity contribution >= 4 is 41.4 Å². The summed E-state index contributed by atoms with van der Waals surface area (Å²) in [5.74, 6) is 0.0453. The third kappa shape index (κ3) is 5.56. The number of nitrogens with one attached hydrogen (secondary N) is 1. The molecule has 134 valence electrons. The summed E-state index contributed by atoms with van der Waals surface area (Å²) in [4.78, 5) is 32.6. The van der Waals surface area contributed by atoms with Crippen molar-refractivity contribution in [2.24, 2.45) is 4.99 Å². The molecule has 0 spiro atoms. The highest BCUT2D eigenvalue weighted by molar-refractivity contribution is 6.29. The topological polar surface area (TPSA) is 89.9 Å². The molecule has 0 bridgehead atoms. The maximum atomic E-state index is 12.2. The number of rotatable bonds is 2. The molecule has 7 nitrogen and oxygen atoms in total. The molecule has 0 aromatic carbocycles. The molecule has 1 amide bonds. The van der Waals surface area contributed by atoms with E-state index in [1.165, 1.54) is 0 Å². The number of amidine groups is 1. The van der Waals surface area contributed by atoms with Crippen molar-refractivity contribution in [3.63, 3.8) is 0 Å². The number of amides is 1. The van der Waals surface area contributed by atoms with Crippen molar-refractivity contribution in [2.75, 3.05) is 6.61 Å². The second-order valence-electron chi connectivity index (χ2n) is 6.30. The Labute approximate surface area is 151 Å². The van der Waals surface area contributed by atoms with Gasteiger partial charge in [0.2, 0.25) is 0 Å². The predicted molar refractivity (Wildman–Crippen MR) is 94.9 cm³/mol. The van der Waals surface area contributed by atoms with E-state index in [0.29, 0.717) is 17.0 Å². The van der Waals surface area contributed by atoms with Crippen LogP contribution >= 0.6 is 11.6 Å². The lowest BCUT2D eigenvalue weighted by Gasteiger charge is -2.20. The van der Waals surface area contributed by atoms with Crippen molar-refractivity contribution in [2.45, 2.75) is 39.7 Å². The Bertz CT molecular complexity index is 751. The van der Waals surface area contributed by atoms with Gasteiger partial charge in [-0.25, -0.2) is 19.6 Å². The standard InChI is InChI=1S/C17H20ClN3O4/c1-5-24-15(22)11-8-10-6-7-12(18)19-14(10)20-13(9-11)21-16(23)25-17(2,3)4/h6-8H,5,9H2,1-4H3,(H,19,20,21,23). The molecule has 1 aromatic rings. The molecule has 1 aliphatic heterocycles. The smallest absolute Gasteiger partial charge is 0.413 e. The fourth-order valence-electron chi connectivity index (χ4n) is 2.07. The molecule has 1 aliphatic rings. The van der Waals surface area contributed by atoms with Crippen LogP contribution in [0.2, 0.25) is 5.15 Å². The summed E-state index contributed by atoms with van der Waals surface area (Å²) in [5, 5.41) is 2.82. The molecular weight excluding hydrogens is 346 g/mol. The lowest BCUT2D eigenvalue weighted by molar-refractivity contribution is -0.138. The van der Waals surface area contributed by atoms with E-state index < -0.39 is 17.7 Å². The zero-order valence-corrected chi connectivity index (χ0v) is 15.3. The number of carbonyl (C=O) groups excluding carboxylic acids is 2. The summed E-state index contributed by atoms with van der Waals surface area (Å²) in [6.07, 6.45) is 1.04. The summed E-state index contributed by atoms with van der Waals surface area (Å²) < 4.78 is 10.3. The molecule has 0 saturated carbocycles. The quantitative estimate of drug-likeness (QED) is 0.638. The Morgan fingerprint density at radius 1 is 1.32 bits per heavy atom. The number of carbonyl (C=O) groups is 2. The van der Waals surface area contributed by atoms with E-state index >= 15 is 0 Å². The minimum Gasteiger partial charge on any atom is -0.463 e. The minimum atomic E-state index is -0.667. The molecule has 0 aliphatic carbocycles. The van der Waals surface area contributed by atoms with Crippen LogP contribution < -0.4 is 5.32 Å². The van der Waals surface area contributed by atoms with Crippen molar-refractivity contribution in [3.8, 4) is 0 Å². The lowest BCUT2D eigenvalue weighted by Crippen LogP contribution is -2.36. The zero-order valence-electron chi connectivity index (χ0n) is 14.6. The normalized spacial score (nSPS) is 13.8. The largest absolute Gasteiger partial charge is 0.463 e. The second kappa shape index (κ2) is 7.65. The Hall–Kier alpha value is -2.41. The summed E-state index contributed by atoms with van der Waals surface area (Å²) in [6.45, 7) is 7.22. The van der Waals surface area contributed by atoms with Crippen LogP contribution in [0.1, 0.15) is 39.7 Å². The third-order valence-electron chi connectivity index (χ3n) is 2.98. The Morgan fingerprint density at radius 3 is 2.68 bits per heavy atom. The molecule has 1 aromatic heterocycles. The van der Waals surface area contributed by atoms with Crippen LogP contribution in [0, 0.1) is 0 Å². The van der Waals surface area contributed by atoms with Gasteiger partial charge in [-0.3, -0.25) is 5.32 Å². The summed E-state index contributed by atoms with van der Waals surface area (Å²) in [5.41, 5.74) is 0.294. The Morgan fingerprint density at radius 2 is 2.04 bits per heavy atom. The fraction of sp³-hybridized carbons (Fsp3) is 0.412. The summed E-state index contributed by atoms with van der Waals surface area (Å²) in [7, 11) is 0. The minimum absolute atomic E-state index is 0.0755. The fourth-order valence-corrected chi connectivity index (χ4v) is 2.22. The van der Waals surface area contributed by atoms with Crippen molar-refractivity contribution in [3.05, 3.63) is 28.4 Å². The van der Waals surface area contributed by atoms with Gasteiger partial charge in [-0.05, 0) is 45.9 Å². The average molecular weight is 366 g/mol. The number of fused-ring (bicyclic) bond motifs is 1. The maximum absolute atomic E-state index is 12.2. The predicted octanol–water partition coefficient (Wildman–Crippen LogP) is 3.64. The van der Waals surface area contributed by atoms with E-state index in [1.54, 1.807) is 45.9 Å². The number of aliphatic imine (C=N–C) groups is 1. The number of alkyl carbamates (subject to hydrolysis) is 1. The highest BCUT2D eigenvalue weighted by Gasteiger charge is 2.23. The SMILES string of the molecule is CCOC(=O)C1=Cc2ccc(Cl)nc2N=C(NC(=O)OC(C)(C)C)C1. The van der Waals surface area contributed by atoms with Gasteiger partial charge in [0.25, 0.3) is 0 Å². The lowest BCUT2D eigenvalue weighted by atomic mass is 10.1. The first-order valence-electron chi connectivity index (χ1n) is 7.79.